The molecule has 0 amide bonds. The molecule has 18 heavy (non-hydrogen) atoms. The number of aryl methyl sites for hydroxylation is 1. The van der Waals surface area contributed by atoms with Crippen molar-refractivity contribution in [1.82, 2.24) is 14.9 Å². The molecule has 1 aromatic heterocycles. The monoisotopic (exact) mass is 291 g/mol. The lowest BCUT2D eigenvalue weighted by molar-refractivity contribution is 0.277. The zero-order valence-corrected chi connectivity index (χ0v) is 12.0. The number of aliphatic hydroxyl groups is 1. The first-order valence-electron chi connectivity index (χ1n) is 5.64. The number of nitrogens with zero attached hydrogens (tertiary/aromatic N) is 1. The third-order valence-corrected chi connectivity index (χ3v) is 6.06. The summed E-state index contributed by atoms with van der Waals surface area (Å²) in [5, 5.41) is 15.4. The summed E-state index contributed by atoms with van der Waals surface area (Å²) in [7, 11) is -3.65. The van der Waals surface area contributed by atoms with Crippen molar-refractivity contribution in [1.29, 1.82) is 0 Å². The molecule has 1 aliphatic carbocycles. The maximum absolute atomic E-state index is 12.1. The summed E-state index contributed by atoms with van der Waals surface area (Å²) in [5.74, 6) is 0. The van der Waals surface area contributed by atoms with Crippen molar-refractivity contribution in [3.8, 4) is 0 Å². The lowest BCUT2D eigenvalue weighted by Crippen LogP contribution is -2.32. The van der Waals surface area contributed by atoms with Gasteiger partial charge in [-0.3, -0.25) is 5.10 Å². The van der Waals surface area contributed by atoms with E-state index in [2.05, 4.69) is 14.9 Å². The minimum absolute atomic E-state index is 0.0534. The van der Waals surface area contributed by atoms with Gasteiger partial charge in [-0.15, -0.1) is 0 Å². The van der Waals surface area contributed by atoms with Gasteiger partial charge in [0.25, 0.3) is 10.0 Å². The van der Waals surface area contributed by atoms with Crippen molar-refractivity contribution < 1.29 is 13.5 Å². The minimum Gasteiger partial charge on any atom is -0.392 e. The van der Waals surface area contributed by atoms with E-state index >= 15 is 0 Å². The van der Waals surface area contributed by atoms with Gasteiger partial charge in [-0.2, -0.15) is 16.9 Å². The second-order valence-corrected chi connectivity index (χ2v) is 7.46. The predicted octanol–water partition coefficient (Wildman–Crippen LogP) is 0.384. The van der Waals surface area contributed by atoms with Gasteiger partial charge in [0.15, 0.2) is 5.03 Å². The smallest absolute Gasteiger partial charge is 0.260 e. The Morgan fingerprint density at radius 1 is 1.56 bits per heavy atom. The molecule has 1 aliphatic rings. The van der Waals surface area contributed by atoms with Crippen LogP contribution in [0.1, 0.15) is 24.1 Å². The quantitative estimate of drug-likeness (QED) is 0.704. The molecular formula is C10H17N3O3S2. The van der Waals surface area contributed by atoms with Crippen molar-refractivity contribution in [3.05, 3.63) is 11.3 Å². The molecule has 0 saturated heterocycles. The highest BCUT2D eigenvalue weighted by molar-refractivity contribution is 8.00. The maximum Gasteiger partial charge on any atom is 0.260 e. The molecule has 102 valence electrons. The van der Waals surface area contributed by atoms with Crippen molar-refractivity contribution in [3.63, 3.8) is 0 Å². The zero-order valence-electron chi connectivity index (χ0n) is 10.4. The van der Waals surface area contributed by atoms with Gasteiger partial charge in [0, 0.05) is 22.5 Å². The Morgan fingerprint density at radius 3 is 2.72 bits per heavy atom. The predicted molar refractivity (Wildman–Crippen MR) is 69.9 cm³/mol. The van der Waals surface area contributed by atoms with Crippen LogP contribution in [-0.4, -0.2) is 41.3 Å². The number of thioether (sulfide) groups is 1. The number of H-pyrrole nitrogens is 1. The van der Waals surface area contributed by atoms with Gasteiger partial charge in [-0.1, -0.05) is 0 Å². The van der Waals surface area contributed by atoms with Gasteiger partial charge in [-0.25, -0.2) is 13.1 Å². The molecule has 2 rings (SSSR count). The second kappa shape index (κ2) is 4.84. The molecule has 8 heteroatoms. The molecular weight excluding hydrogens is 274 g/mol. The molecule has 0 bridgehead atoms. The van der Waals surface area contributed by atoms with E-state index in [1.54, 1.807) is 18.7 Å². The fourth-order valence-corrected chi connectivity index (χ4v) is 3.85. The molecule has 0 radical (unpaired) electrons. The van der Waals surface area contributed by atoms with Crippen LogP contribution in [0.15, 0.2) is 5.03 Å². The summed E-state index contributed by atoms with van der Waals surface area (Å²) >= 11 is 1.68. The molecule has 1 heterocycles. The van der Waals surface area contributed by atoms with E-state index in [-0.39, 0.29) is 16.4 Å². The summed E-state index contributed by atoms with van der Waals surface area (Å²) in [5.41, 5.74) is 0.903. The number of nitrogens with one attached hydrogen (secondary N) is 2. The summed E-state index contributed by atoms with van der Waals surface area (Å²) in [6.07, 6.45) is 4.05. The minimum atomic E-state index is -3.65. The van der Waals surface area contributed by atoms with Crippen LogP contribution in [0.3, 0.4) is 0 Å². The van der Waals surface area contributed by atoms with Gasteiger partial charge in [-0.05, 0) is 26.0 Å². The Hall–Kier alpha value is -0.570. The Kier molecular flexibility index (Phi) is 3.72. The Labute approximate surface area is 111 Å². The number of aromatic amines is 1. The summed E-state index contributed by atoms with van der Waals surface area (Å²) in [6.45, 7) is 1.75. The van der Waals surface area contributed by atoms with Crippen molar-refractivity contribution in [2.75, 3.05) is 12.8 Å². The molecule has 0 aliphatic heterocycles. The first-order valence-corrected chi connectivity index (χ1v) is 8.34. The molecule has 1 saturated carbocycles. The Morgan fingerprint density at radius 2 is 2.22 bits per heavy atom. The first-order chi connectivity index (χ1) is 8.44. The van der Waals surface area contributed by atoms with Crippen LogP contribution >= 0.6 is 11.8 Å². The standard InChI is InChI=1S/C10H17N3O3S2/c1-7-8(5-14)9(13-12-7)18(15,16)11-6-10(17-2)3-4-10/h11,14H,3-6H2,1-2H3,(H,12,13). The number of hydrogen-bond donors (Lipinski definition) is 3. The zero-order chi connectivity index (χ0) is 13.4. The number of aromatic nitrogens is 2. The van der Waals surface area contributed by atoms with E-state index in [4.69, 9.17) is 0 Å². The Bertz CT molecular complexity index is 535. The lowest BCUT2D eigenvalue weighted by atomic mass is 10.3. The van der Waals surface area contributed by atoms with Crippen LogP contribution in [-0.2, 0) is 16.6 Å². The van der Waals surface area contributed by atoms with E-state index in [9.17, 15) is 13.5 Å². The van der Waals surface area contributed by atoms with Crippen molar-refractivity contribution >= 4 is 21.8 Å². The van der Waals surface area contributed by atoms with E-state index in [1.165, 1.54) is 0 Å². The molecule has 0 aromatic carbocycles. The third kappa shape index (κ3) is 2.56. The second-order valence-electron chi connectivity index (χ2n) is 4.50. The van der Waals surface area contributed by atoms with Crippen LogP contribution in [0, 0.1) is 6.92 Å². The van der Waals surface area contributed by atoms with Gasteiger partial charge in [0.2, 0.25) is 0 Å². The molecule has 0 atom stereocenters. The van der Waals surface area contributed by atoms with E-state index < -0.39 is 10.0 Å². The molecule has 6 nitrogen and oxygen atoms in total. The van der Waals surface area contributed by atoms with Gasteiger partial charge >= 0.3 is 0 Å². The van der Waals surface area contributed by atoms with Crippen LogP contribution in [0.5, 0.6) is 0 Å². The number of hydrogen-bond acceptors (Lipinski definition) is 5. The van der Waals surface area contributed by atoms with Crippen molar-refractivity contribution in [2.45, 2.75) is 36.1 Å². The fourth-order valence-electron chi connectivity index (χ4n) is 1.73. The average Bonchev–Trinajstić information content (AvgIpc) is 3.03. The highest BCUT2D eigenvalue weighted by Gasteiger charge is 2.42. The van der Waals surface area contributed by atoms with Crippen molar-refractivity contribution in [2.24, 2.45) is 0 Å². The van der Waals surface area contributed by atoms with Gasteiger partial charge in [0.1, 0.15) is 0 Å². The topological polar surface area (TPSA) is 95.1 Å². The van der Waals surface area contributed by atoms with E-state index in [0.29, 0.717) is 17.8 Å². The number of aliphatic hydroxyl groups excluding tert-OH is 1. The van der Waals surface area contributed by atoms with Crippen LogP contribution in [0.25, 0.3) is 0 Å². The number of sulfonamides is 1. The summed E-state index contributed by atoms with van der Waals surface area (Å²) in [6, 6.07) is 0. The first kappa shape index (κ1) is 13.9. The highest BCUT2D eigenvalue weighted by Crippen LogP contribution is 2.46. The van der Waals surface area contributed by atoms with E-state index in [0.717, 1.165) is 12.8 Å². The lowest BCUT2D eigenvalue weighted by Gasteiger charge is -2.12. The van der Waals surface area contributed by atoms with Crippen LogP contribution in [0.2, 0.25) is 0 Å². The summed E-state index contributed by atoms with van der Waals surface area (Å²) < 4.78 is 26.8. The van der Waals surface area contributed by atoms with Crippen LogP contribution in [0.4, 0.5) is 0 Å². The van der Waals surface area contributed by atoms with Gasteiger partial charge in [0.05, 0.1) is 6.61 Å². The molecule has 0 spiro atoms. The SMILES string of the molecule is CSC1(CNS(=O)(=O)c2n[nH]c(C)c2CO)CC1. The number of rotatable bonds is 6. The third-order valence-electron chi connectivity index (χ3n) is 3.27. The fraction of sp³-hybridized carbons (Fsp3) is 0.700. The molecule has 1 aromatic rings. The van der Waals surface area contributed by atoms with Gasteiger partial charge < -0.3 is 5.11 Å². The molecule has 3 N–H and O–H groups in total. The van der Waals surface area contributed by atoms with E-state index in [1.807, 2.05) is 6.26 Å². The molecule has 0 unspecified atom stereocenters. The average molecular weight is 291 g/mol. The largest absolute Gasteiger partial charge is 0.392 e. The Balaban J connectivity index is 2.15. The summed E-state index contributed by atoms with van der Waals surface area (Å²) in [4.78, 5) is 0. The maximum atomic E-state index is 12.1. The molecule has 1 fully saturated rings. The normalized spacial score (nSPS) is 17.9. The highest BCUT2D eigenvalue weighted by atomic mass is 32.2. The van der Waals surface area contributed by atoms with Crippen LogP contribution < -0.4 is 4.72 Å².